The predicted octanol–water partition coefficient (Wildman–Crippen LogP) is 0.0640. The van der Waals surface area contributed by atoms with E-state index in [-0.39, 0.29) is 12.6 Å². The zero-order valence-electron chi connectivity index (χ0n) is 9.13. The van der Waals surface area contributed by atoms with Gasteiger partial charge in [-0.25, -0.2) is 0 Å². The Balaban J connectivity index is 1.71. The fourth-order valence-electron chi connectivity index (χ4n) is 2.46. The molecule has 3 heterocycles. The van der Waals surface area contributed by atoms with Gasteiger partial charge in [0.15, 0.2) is 0 Å². The largest absolute Gasteiger partial charge is 0.367 e. The molecule has 0 unspecified atom stereocenters. The summed E-state index contributed by atoms with van der Waals surface area (Å²) >= 11 is 0. The van der Waals surface area contributed by atoms with Crippen LogP contribution >= 0.6 is 0 Å². The van der Waals surface area contributed by atoms with Gasteiger partial charge in [-0.1, -0.05) is 5.16 Å². The minimum absolute atomic E-state index is 0.0570. The van der Waals surface area contributed by atoms with Gasteiger partial charge in [-0.05, 0) is 19.4 Å². The molecule has 2 saturated heterocycles. The summed E-state index contributed by atoms with van der Waals surface area (Å²) in [7, 11) is 0. The van der Waals surface area contributed by atoms with Gasteiger partial charge in [-0.2, -0.15) is 4.98 Å². The Hall–Kier alpha value is -0.980. The highest BCUT2D eigenvalue weighted by atomic mass is 16.5. The molecule has 0 aliphatic carbocycles. The molecule has 88 valence electrons. The number of hydrogen-bond donors (Lipinski definition) is 1. The van der Waals surface area contributed by atoms with Gasteiger partial charge in [0, 0.05) is 12.6 Å². The first-order valence-corrected chi connectivity index (χ1v) is 5.75. The standard InChI is InChI=1S/C10H16N4O2/c11-4-9-12-10(13-16-9)8-5-14-3-1-2-7(14)6-15-8/h7-8H,1-6,11H2/t7-,8+/m0/s1. The molecular weight excluding hydrogens is 208 g/mol. The second-order valence-corrected chi connectivity index (χ2v) is 4.36. The predicted molar refractivity (Wildman–Crippen MR) is 55.5 cm³/mol. The summed E-state index contributed by atoms with van der Waals surface area (Å²) in [5.74, 6) is 1.10. The third-order valence-electron chi connectivity index (χ3n) is 3.34. The maximum Gasteiger partial charge on any atom is 0.240 e. The van der Waals surface area contributed by atoms with Crippen LogP contribution < -0.4 is 5.73 Å². The molecular formula is C10H16N4O2. The lowest BCUT2D eigenvalue weighted by Crippen LogP contribution is -2.42. The Morgan fingerprint density at radius 2 is 2.44 bits per heavy atom. The van der Waals surface area contributed by atoms with Gasteiger partial charge in [0.1, 0.15) is 6.10 Å². The van der Waals surface area contributed by atoms with Gasteiger partial charge in [-0.15, -0.1) is 0 Å². The van der Waals surface area contributed by atoms with Crippen molar-refractivity contribution < 1.29 is 9.26 Å². The Bertz CT molecular complexity index is 367. The monoisotopic (exact) mass is 224 g/mol. The summed E-state index contributed by atoms with van der Waals surface area (Å²) in [6.07, 6.45) is 2.45. The quantitative estimate of drug-likeness (QED) is 0.765. The Labute approximate surface area is 93.7 Å². The van der Waals surface area contributed by atoms with Crippen LogP contribution in [-0.4, -0.2) is 40.8 Å². The van der Waals surface area contributed by atoms with E-state index in [0.29, 0.717) is 17.8 Å². The second kappa shape index (κ2) is 4.12. The van der Waals surface area contributed by atoms with E-state index >= 15 is 0 Å². The maximum absolute atomic E-state index is 5.77. The van der Waals surface area contributed by atoms with Crippen LogP contribution in [0.1, 0.15) is 30.7 Å². The fraction of sp³-hybridized carbons (Fsp3) is 0.800. The van der Waals surface area contributed by atoms with Crippen LogP contribution in [0.4, 0.5) is 0 Å². The number of nitrogens with zero attached hydrogens (tertiary/aromatic N) is 3. The number of nitrogens with two attached hydrogens (primary N) is 1. The highest BCUT2D eigenvalue weighted by Gasteiger charge is 2.34. The molecule has 0 bridgehead atoms. The lowest BCUT2D eigenvalue weighted by molar-refractivity contribution is -0.0548. The number of aromatic nitrogens is 2. The SMILES string of the molecule is NCc1nc([C@H]2CN3CCC[C@H]3CO2)no1. The summed E-state index contributed by atoms with van der Waals surface area (Å²) < 4.78 is 10.8. The molecule has 2 aliphatic heterocycles. The molecule has 0 radical (unpaired) electrons. The molecule has 16 heavy (non-hydrogen) atoms. The topological polar surface area (TPSA) is 77.4 Å². The first-order chi connectivity index (χ1) is 7.86. The molecule has 6 nitrogen and oxygen atoms in total. The zero-order chi connectivity index (χ0) is 11.0. The van der Waals surface area contributed by atoms with E-state index in [1.807, 2.05) is 0 Å². The van der Waals surface area contributed by atoms with Gasteiger partial charge >= 0.3 is 0 Å². The summed E-state index contributed by atoms with van der Waals surface area (Å²) in [4.78, 5) is 6.66. The molecule has 2 N–H and O–H groups in total. The number of hydrogen-bond acceptors (Lipinski definition) is 6. The van der Waals surface area contributed by atoms with Crippen molar-refractivity contribution >= 4 is 0 Å². The zero-order valence-corrected chi connectivity index (χ0v) is 9.13. The van der Waals surface area contributed by atoms with Gasteiger partial charge in [-0.3, -0.25) is 4.90 Å². The molecule has 3 rings (SSSR count). The molecule has 1 aromatic rings. The average molecular weight is 224 g/mol. The van der Waals surface area contributed by atoms with Crippen LogP contribution in [0.25, 0.3) is 0 Å². The summed E-state index contributed by atoms with van der Waals surface area (Å²) in [6.45, 7) is 3.09. The van der Waals surface area contributed by atoms with Crippen molar-refractivity contribution in [3.63, 3.8) is 0 Å². The first-order valence-electron chi connectivity index (χ1n) is 5.75. The second-order valence-electron chi connectivity index (χ2n) is 4.36. The molecule has 2 atom stereocenters. The van der Waals surface area contributed by atoms with Gasteiger partial charge < -0.3 is 15.0 Å². The van der Waals surface area contributed by atoms with Crippen molar-refractivity contribution in [3.05, 3.63) is 11.7 Å². The summed E-state index contributed by atoms with van der Waals surface area (Å²) in [5, 5.41) is 3.91. The van der Waals surface area contributed by atoms with Gasteiger partial charge in [0.2, 0.25) is 11.7 Å². The Kier molecular flexibility index (Phi) is 2.62. The normalized spacial score (nSPS) is 30.6. The Morgan fingerprint density at radius 1 is 1.50 bits per heavy atom. The van der Waals surface area contributed by atoms with Crippen LogP contribution in [0.3, 0.4) is 0 Å². The van der Waals surface area contributed by atoms with Crippen molar-refractivity contribution in [2.45, 2.75) is 31.5 Å². The molecule has 0 saturated carbocycles. The van der Waals surface area contributed by atoms with Crippen molar-refractivity contribution in [1.29, 1.82) is 0 Å². The van der Waals surface area contributed by atoms with Crippen LogP contribution in [0, 0.1) is 0 Å². The lowest BCUT2D eigenvalue weighted by atomic mass is 10.2. The van der Waals surface area contributed by atoms with E-state index in [0.717, 1.165) is 19.7 Å². The van der Waals surface area contributed by atoms with Gasteiger partial charge in [0.05, 0.1) is 13.2 Å². The maximum atomic E-state index is 5.77. The summed E-state index contributed by atoms with van der Waals surface area (Å²) in [6, 6.07) is 0.595. The number of ether oxygens (including phenoxy) is 1. The van der Waals surface area contributed by atoms with E-state index in [9.17, 15) is 0 Å². The van der Waals surface area contributed by atoms with E-state index in [2.05, 4.69) is 15.0 Å². The molecule has 0 aromatic carbocycles. The molecule has 6 heteroatoms. The molecule has 2 fully saturated rings. The van der Waals surface area contributed by atoms with Crippen molar-refractivity contribution in [1.82, 2.24) is 15.0 Å². The van der Waals surface area contributed by atoms with Crippen LogP contribution in [0.15, 0.2) is 4.52 Å². The minimum atomic E-state index is -0.0570. The fourth-order valence-corrected chi connectivity index (χ4v) is 2.46. The lowest BCUT2D eigenvalue weighted by Gasteiger charge is -2.33. The highest BCUT2D eigenvalue weighted by molar-refractivity contribution is 4.96. The number of fused-ring (bicyclic) bond motifs is 1. The van der Waals surface area contributed by atoms with Crippen LogP contribution in [0.5, 0.6) is 0 Å². The minimum Gasteiger partial charge on any atom is -0.367 e. The third-order valence-corrected chi connectivity index (χ3v) is 3.34. The molecule has 2 aliphatic rings. The van der Waals surface area contributed by atoms with Gasteiger partial charge in [0.25, 0.3) is 0 Å². The number of morpholine rings is 1. The molecule has 0 spiro atoms. The number of rotatable bonds is 2. The van der Waals surface area contributed by atoms with Crippen molar-refractivity contribution in [2.75, 3.05) is 19.7 Å². The van der Waals surface area contributed by atoms with E-state index in [4.69, 9.17) is 15.0 Å². The van der Waals surface area contributed by atoms with Crippen molar-refractivity contribution in [2.24, 2.45) is 5.73 Å². The van der Waals surface area contributed by atoms with Crippen LogP contribution in [-0.2, 0) is 11.3 Å². The Morgan fingerprint density at radius 3 is 3.25 bits per heavy atom. The van der Waals surface area contributed by atoms with E-state index in [1.165, 1.54) is 12.8 Å². The average Bonchev–Trinajstić information content (AvgIpc) is 2.96. The molecule has 1 aromatic heterocycles. The molecule has 0 amide bonds. The highest BCUT2D eigenvalue weighted by Crippen LogP contribution is 2.28. The van der Waals surface area contributed by atoms with E-state index < -0.39 is 0 Å². The third kappa shape index (κ3) is 1.73. The first kappa shape index (κ1) is 10.2. The van der Waals surface area contributed by atoms with Crippen molar-refractivity contribution in [3.8, 4) is 0 Å². The van der Waals surface area contributed by atoms with E-state index in [1.54, 1.807) is 0 Å². The smallest absolute Gasteiger partial charge is 0.240 e. The summed E-state index contributed by atoms with van der Waals surface area (Å²) in [5.41, 5.74) is 5.43. The van der Waals surface area contributed by atoms with Crippen LogP contribution in [0.2, 0.25) is 0 Å².